The summed E-state index contributed by atoms with van der Waals surface area (Å²) in [5, 5.41) is 0.793. The number of anilines is 1. The molecule has 4 rings (SSSR count). The molecule has 0 saturated carbocycles. The summed E-state index contributed by atoms with van der Waals surface area (Å²) in [6.45, 7) is 8.81. The second kappa shape index (κ2) is 11.9. The molecule has 12 heteroatoms. The van der Waals surface area contributed by atoms with Crippen molar-refractivity contribution in [1.29, 1.82) is 0 Å². The van der Waals surface area contributed by atoms with E-state index in [1.165, 1.54) is 29.9 Å². The van der Waals surface area contributed by atoms with Crippen LogP contribution in [0.15, 0.2) is 41.7 Å². The van der Waals surface area contributed by atoms with E-state index < -0.39 is 28.1 Å². The Labute approximate surface area is 238 Å². The maximum atomic E-state index is 13.5. The smallest absolute Gasteiger partial charge is 0.416 e. The van der Waals surface area contributed by atoms with Crippen molar-refractivity contribution in [1.82, 2.24) is 15.0 Å². The van der Waals surface area contributed by atoms with Crippen molar-refractivity contribution in [2.24, 2.45) is 11.8 Å². The highest BCUT2D eigenvalue weighted by atomic mass is 32.2. The van der Waals surface area contributed by atoms with Crippen LogP contribution >= 0.6 is 11.3 Å². The van der Waals surface area contributed by atoms with Crippen molar-refractivity contribution < 1.29 is 26.9 Å². The molecule has 0 radical (unpaired) electrons. The minimum absolute atomic E-state index is 0.135. The fourth-order valence-electron chi connectivity index (χ4n) is 4.66. The maximum absolute atomic E-state index is 13.5. The van der Waals surface area contributed by atoms with Crippen molar-refractivity contribution in [3.63, 3.8) is 0 Å². The van der Waals surface area contributed by atoms with Crippen molar-refractivity contribution in [2.75, 3.05) is 24.2 Å². The summed E-state index contributed by atoms with van der Waals surface area (Å²) in [6.07, 6.45) is 0.895. The fraction of sp³-hybridized carbons (Fsp3) is 0.500. The molecule has 40 heavy (non-hydrogen) atoms. The SMILES string of the molecule is C[C@H](C(=O)OC(C)(C)C)C1CCCN(c2nc(-c3cccc(C(F)(F)F)c3)c(-c3ccnc(S(C)=O)n3)s2)CC1. The first-order valence-electron chi connectivity index (χ1n) is 13.1. The van der Waals surface area contributed by atoms with Gasteiger partial charge in [-0.15, -0.1) is 0 Å². The molecule has 2 aromatic heterocycles. The van der Waals surface area contributed by atoms with Crippen LogP contribution in [0.25, 0.3) is 21.8 Å². The highest BCUT2D eigenvalue weighted by Crippen LogP contribution is 2.42. The number of hydrogen-bond acceptors (Lipinski definition) is 8. The number of carbonyl (C=O) groups is 1. The zero-order chi connectivity index (χ0) is 29.2. The van der Waals surface area contributed by atoms with Gasteiger partial charge in [-0.3, -0.25) is 9.00 Å². The van der Waals surface area contributed by atoms with E-state index in [2.05, 4.69) is 14.9 Å². The lowest BCUT2D eigenvalue weighted by Gasteiger charge is -2.26. The number of ether oxygens (including phenoxy) is 1. The molecule has 3 atom stereocenters. The number of carbonyl (C=O) groups excluding carboxylic acids is 1. The van der Waals surface area contributed by atoms with Gasteiger partial charge in [-0.25, -0.2) is 15.0 Å². The van der Waals surface area contributed by atoms with Crippen LogP contribution in [0.4, 0.5) is 18.3 Å². The van der Waals surface area contributed by atoms with Gasteiger partial charge in [0.2, 0.25) is 5.16 Å². The highest BCUT2D eigenvalue weighted by Gasteiger charge is 2.33. The molecule has 3 heterocycles. The van der Waals surface area contributed by atoms with E-state index in [4.69, 9.17) is 9.72 Å². The minimum atomic E-state index is -4.50. The van der Waals surface area contributed by atoms with Crippen LogP contribution < -0.4 is 4.90 Å². The number of halogens is 3. The van der Waals surface area contributed by atoms with Crippen LogP contribution in [-0.4, -0.2) is 50.1 Å². The number of rotatable bonds is 6. The lowest BCUT2D eigenvalue weighted by molar-refractivity contribution is -0.161. The van der Waals surface area contributed by atoms with Crippen molar-refractivity contribution >= 4 is 33.2 Å². The number of hydrogen-bond donors (Lipinski definition) is 0. The molecular weight excluding hydrogens is 561 g/mol. The molecule has 0 aliphatic carbocycles. The van der Waals surface area contributed by atoms with E-state index in [1.807, 2.05) is 27.7 Å². The summed E-state index contributed by atoms with van der Waals surface area (Å²) in [5.41, 5.74) is -0.179. The van der Waals surface area contributed by atoms with E-state index in [0.29, 0.717) is 40.0 Å². The van der Waals surface area contributed by atoms with Crippen molar-refractivity contribution in [3.05, 3.63) is 42.1 Å². The number of alkyl halides is 3. The average Bonchev–Trinajstić information content (AvgIpc) is 3.18. The number of nitrogens with zero attached hydrogens (tertiary/aromatic N) is 4. The Bertz CT molecular complexity index is 1390. The monoisotopic (exact) mass is 594 g/mol. The Balaban J connectivity index is 1.67. The van der Waals surface area contributed by atoms with Gasteiger partial charge in [-0.2, -0.15) is 13.2 Å². The van der Waals surface area contributed by atoms with E-state index in [0.717, 1.165) is 31.4 Å². The summed E-state index contributed by atoms with van der Waals surface area (Å²) >= 11 is 1.33. The van der Waals surface area contributed by atoms with Crippen molar-refractivity contribution in [2.45, 2.75) is 63.9 Å². The molecule has 1 aliphatic heterocycles. The summed E-state index contributed by atoms with van der Waals surface area (Å²) in [7, 11) is -1.43. The zero-order valence-electron chi connectivity index (χ0n) is 23.1. The molecule has 1 fully saturated rings. The third kappa shape index (κ3) is 7.25. The van der Waals surface area contributed by atoms with E-state index >= 15 is 0 Å². The van der Waals surface area contributed by atoms with Crippen LogP contribution in [0.5, 0.6) is 0 Å². The summed E-state index contributed by atoms with van der Waals surface area (Å²) in [4.78, 5) is 28.7. The molecule has 0 amide bonds. The fourth-order valence-corrected chi connectivity index (χ4v) is 6.21. The third-order valence-electron chi connectivity index (χ3n) is 6.73. The number of benzene rings is 1. The van der Waals surface area contributed by atoms with Gasteiger partial charge in [0.25, 0.3) is 0 Å². The van der Waals surface area contributed by atoms with Gasteiger partial charge < -0.3 is 9.64 Å². The summed E-state index contributed by atoms with van der Waals surface area (Å²) in [5.74, 6) is -0.311. The van der Waals surface area contributed by atoms with Crippen LogP contribution in [-0.2, 0) is 26.5 Å². The molecule has 0 bridgehead atoms. The molecule has 7 nitrogen and oxygen atoms in total. The standard InChI is InChI=1S/C28H33F3N4O3S2/c1-17(24(36)38-27(2,3)4)18-9-7-14-35(15-12-18)26-34-22(19-8-6-10-20(16-19)28(29,30)31)23(39-26)21-11-13-32-25(33-21)40(5)37/h6,8,10-11,13,16-18H,7,9,12,14-15H2,1-5H3/t17-,18?,40?/m0/s1. The predicted octanol–water partition coefficient (Wildman–Crippen LogP) is 6.61. The Kier molecular flexibility index (Phi) is 8.99. The normalized spacial score (nSPS) is 18.2. The minimum Gasteiger partial charge on any atom is -0.460 e. The summed E-state index contributed by atoms with van der Waals surface area (Å²) in [6, 6.07) is 6.72. The number of esters is 1. The molecule has 2 unspecified atom stereocenters. The average molecular weight is 595 g/mol. The van der Waals surface area contributed by atoms with Gasteiger partial charge in [0, 0.05) is 31.1 Å². The maximum Gasteiger partial charge on any atom is 0.416 e. The quantitative estimate of drug-likeness (QED) is 0.235. The van der Waals surface area contributed by atoms with E-state index in [1.54, 1.807) is 12.1 Å². The molecule has 1 aliphatic rings. The second-order valence-electron chi connectivity index (χ2n) is 10.9. The van der Waals surface area contributed by atoms with Gasteiger partial charge >= 0.3 is 12.1 Å². The molecular formula is C28H33F3N4O3S2. The molecule has 3 aromatic rings. The molecule has 1 saturated heterocycles. The highest BCUT2D eigenvalue weighted by molar-refractivity contribution is 7.84. The molecule has 216 valence electrons. The Morgan fingerprint density at radius 3 is 2.58 bits per heavy atom. The molecule has 0 N–H and O–H groups in total. The first-order chi connectivity index (χ1) is 18.7. The van der Waals surface area contributed by atoms with Gasteiger partial charge in [0.1, 0.15) is 5.60 Å². The largest absolute Gasteiger partial charge is 0.460 e. The van der Waals surface area contributed by atoms with E-state index in [9.17, 15) is 22.2 Å². The van der Waals surface area contributed by atoms with Crippen LogP contribution in [0.2, 0.25) is 0 Å². The van der Waals surface area contributed by atoms with Crippen LogP contribution in [0.1, 0.15) is 52.5 Å². The van der Waals surface area contributed by atoms with Crippen molar-refractivity contribution in [3.8, 4) is 21.8 Å². The number of thiazole rings is 1. The van der Waals surface area contributed by atoms with E-state index in [-0.39, 0.29) is 23.0 Å². The van der Waals surface area contributed by atoms with Gasteiger partial charge in [0.05, 0.1) is 38.5 Å². The lowest BCUT2D eigenvalue weighted by atomic mass is 9.87. The number of aromatic nitrogens is 3. The molecule has 1 aromatic carbocycles. The third-order valence-corrected chi connectivity index (χ3v) is 8.58. The Morgan fingerprint density at radius 2 is 1.90 bits per heavy atom. The van der Waals surface area contributed by atoms with Gasteiger partial charge in [-0.05, 0) is 64.2 Å². The predicted molar refractivity (Wildman–Crippen MR) is 150 cm³/mol. The first kappa shape index (κ1) is 30.1. The van der Waals surface area contributed by atoms with Gasteiger partial charge in [0.15, 0.2) is 5.13 Å². The second-order valence-corrected chi connectivity index (χ2v) is 13.2. The first-order valence-corrected chi connectivity index (χ1v) is 15.4. The lowest BCUT2D eigenvalue weighted by Crippen LogP contribution is -2.31. The summed E-state index contributed by atoms with van der Waals surface area (Å²) < 4.78 is 58.2. The topological polar surface area (TPSA) is 85.3 Å². The van der Waals surface area contributed by atoms with Crippen LogP contribution in [0, 0.1) is 11.8 Å². The Hall–Kier alpha value is -2.86. The van der Waals surface area contributed by atoms with Crippen LogP contribution in [0.3, 0.4) is 0 Å². The molecule has 0 spiro atoms. The van der Waals surface area contributed by atoms with Gasteiger partial charge in [-0.1, -0.05) is 30.4 Å². The zero-order valence-corrected chi connectivity index (χ0v) is 24.8. The Morgan fingerprint density at radius 1 is 1.15 bits per heavy atom.